The number of amides is 1. The Morgan fingerprint density at radius 2 is 1.95 bits per heavy atom. The second kappa shape index (κ2) is 12.5. The molecule has 0 radical (unpaired) electrons. The predicted molar refractivity (Wildman–Crippen MR) is 145 cm³/mol. The molecule has 0 aliphatic heterocycles. The van der Waals surface area contributed by atoms with Crippen LogP contribution in [-0.2, 0) is 14.8 Å². The van der Waals surface area contributed by atoms with E-state index in [0.717, 1.165) is 12.3 Å². The number of hydrogen-bond acceptors (Lipinski definition) is 9. The first-order chi connectivity index (χ1) is 18.5. The Kier molecular flexibility index (Phi) is 9.33. The lowest BCUT2D eigenvalue weighted by Crippen LogP contribution is -2.39. The van der Waals surface area contributed by atoms with Crippen LogP contribution in [0.2, 0.25) is 5.02 Å². The van der Waals surface area contributed by atoms with Crippen LogP contribution >= 0.6 is 11.6 Å². The number of halogens is 1. The lowest BCUT2D eigenvalue weighted by molar-refractivity contribution is -0.385. The smallest absolute Gasteiger partial charge is 0.273 e. The van der Waals surface area contributed by atoms with E-state index in [1.807, 2.05) is 0 Å². The van der Waals surface area contributed by atoms with Crippen LogP contribution in [0.3, 0.4) is 0 Å². The molecule has 3 aromatic rings. The highest BCUT2D eigenvalue weighted by Crippen LogP contribution is 2.35. The Morgan fingerprint density at radius 3 is 2.62 bits per heavy atom. The Bertz CT molecular complexity index is 1530. The van der Waals surface area contributed by atoms with E-state index in [1.165, 1.54) is 50.4 Å². The molecular formula is C25H25ClN4O8S. The third-order valence-electron chi connectivity index (χ3n) is 5.39. The van der Waals surface area contributed by atoms with Crippen molar-refractivity contribution in [3.63, 3.8) is 0 Å². The van der Waals surface area contributed by atoms with Gasteiger partial charge in [-0.1, -0.05) is 23.7 Å². The number of para-hydroxylation sites is 1. The molecule has 0 spiro atoms. The molecule has 0 saturated carbocycles. The number of aromatic hydroxyl groups is 1. The number of carbonyl (C=O) groups is 1. The first-order valence-corrected chi connectivity index (χ1v) is 13.2. The normalized spacial score (nSPS) is 11.3. The fourth-order valence-corrected chi connectivity index (χ4v) is 5.10. The molecule has 14 heteroatoms. The van der Waals surface area contributed by atoms with Crippen molar-refractivity contribution in [1.29, 1.82) is 0 Å². The van der Waals surface area contributed by atoms with Gasteiger partial charge in [-0.3, -0.25) is 19.2 Å². The molecule has 0 saturated heterocycles. The summed E-state index contributed by atoms with van der Waals surface area (Å²) in [6.45, 7) is 2.76. The highest BCUT2D eigenvalue weighted by molar-refractivity contribution is 7.92. The zero-order valence-corrected chi connectivity index (χ0v) is 22.7. The number of rotatable bonds is 11. The highest BCUT2D eigenvalue weighted by atomic mass is 35.5. The molecule has 1 amide bonds. The number of methoxy groups -OCH3 is 1. The van der Waals surface area contributed by atoms with Crippen molar-refractivity contribution in [3.05, 3.63) is 80.9 Å². The first-order valence-electron chi connectivity index (χ1n) is 11.4. The van der Waals surface area contributed by atoms with Crippen LogP contribution in [0.5, 0.6) is 17.2 Å². The van der Waals surface area contributed by atoms with Gasteiger partial charge in [0, 0.05) is 22.2 Å². The summed E-state index contributed by atoms with van der Waals surface area (Å²) in [6, 6.07) is 12.3. The summed E-state index contributed by atoms with van der Waals surface area (Å²) in [6.07, 6.45) is 1.16. The second-order valence-electron chi connectivity index (χ2n) is 7.95. The van der Waals surface area contributed by atoms with Crippen molar-refractivity contribution in [1.82, 2.24) is 5.43 Å². The number of phenols is 1. The molecular weight excluding hydrogens is 552 g/mol. The summed E-state index contributed by atoms with van der Waals surface area (Å²) < 4.78 is 38.7. The van der Waals surface area contributed by atoms with Crippen molar-refractivity contribution in [2.75, 3.05) is 24.6 Å². The van der Waals surface area contributed by atoms with Crippen LogP contribution < -0.4 is 19.2 Å². The van der Waals surface area contributed by atoms with Gasteiger partial charge < -0.3 is 14.6 Å². The monoisotopic (exact) mass is 576 g/mol. The summed E-state index contributed by atoms with van der Waals surface area (Å²) in [5, 5.41) is 25.7. The largest absolute Gasteiger partial charge is 0.504 e. The number of anilines is 1. The van der Waals surface area contributed by atoms with Crippen molar-refractivity contribution < 1.29 is 32.7 Å². The van der Waals surface area contributed by atoms with E-state index in [4.69, 9.17) is 21.1 Å². The highest BCUT2D eigenvalue weighted by Gasteiger charge is 2.31. The third-order valence-corrected chi connectivity index (χ3v) is 7.38. The molecule has 206 valence electrons. The molecule has 0 atom stereocenters. The average Bonchev–Trinajstić information content (AvgIpc) is 2.89. The topological polar surface area (TPSA) is 161 Å². The molecule has 39 heavy (non-hydrogen) atoms. The number of nitro benzene ring substituents is 1. The Labute approximate surface area is 229 Å². The fourth-order valence-electron chi connectivity index (χ4n) is 3.49. The Balaban J connectivity index is 1.98. The molecule has 0 unspecified atom stereocenters. The zero-order chi connectivity index (χ0) is 28.7. The number of hydrogen-bond donors (Lipinski definition) is 2. The Hall–Kier alpha value is -4.36. The van der Waals surface area contributed by atoms with Gasteiger partial charge in [-0.05, 0) is 50.2 Å². The third kappa shape index (κ3) is 6.75. The van der Waals surface area contributed by atoms with Gasteiger partial charge in [0.25, 0.3) is 21.6 Å². The average molecular weight is 577 g/mol. The number of nitro groups is 1. The predicted octanol–water partition coefficient (Wildman–Crippen LogP) is 4.02. The van der Waals surface area contributed by atoms with Gasteiger partial charge >= 0.3 is 0 Å². The van der Waals surface area contributed by atoms with Gasteiger partial charge in [0.05, 0.1) is 35.4 Å². The SMILES string of the molecule is CCOc1cccc(/C=N\NC(=O)CN(c2cc(Cl)ccc2OC)S(=O)(=O)c2ccc(C)c([N+](=O)[O-])c2)c1O. The van der Waals surface area contributed by atoms with E-state index in [0.29, 0.717) is 10.9 Å². The molecule has 3 aromatic carbocycles. The molecule has 12 nitrogen and oxygen atoms in total. The molecule has 0 aliphatic carbocycles. The van der Waals surface area contributed by atoms with Gasteiger partial charge in [-0.2, -0.15) is 5.10 Å². The number of benzene rings is 3. The van der Waals surface area contributed by atoms with E-state index >= 15 is 0 Å². The molecule has 2 N–H and O–H groups in total. The second-order valence-corrected chi connectivity index (χ2v) is 10.3. The summed E-state index contributed by atoms with van der Waals surface area (Å²) in [7, 11) is -3.24. The summed E-state index contributed by atoms with van der Waals surface area (Å²) in [5.74, 6) is -0.742. The van der Waals surface area contributed by atoms with Crippen LogP contribution in [0.25, 0.3) is 0 Å². The van der Waals surface area contributed by atoms with Crippen LogP contribution in [-0.4, -0.2) is 50.8 Å². The zero-order valence-electron chi connectivity index (χ0n) is 21.1. The van der Waals surface area contributed by atoms with Gasteiger partial charge in [-0.15, -0.1) is 0 Å². The minimum atomic E-state index is -4.55. The fraction of sp³-hybridized carbons (Fsp3) is 0.200. The maximum absolute atomic E-state index is 13.7. The molecule has 0 aromatic heterocycles. The van der Waals surface area contributed by atoms with Crippen LogP contribution in [0.1, 0.15) is 18.1 Å². The number of ether oxygens (including phenoxy) is 2. The van der Waals surface area contributed by atoms with Crippen molar-refractivity contribution >= 4 is 45.1 Å². The quantitative estimate of drug-likeness (QED) is 0.196. The van der Waals surface area contributed by atoms with Crippen molar-refractivity contribution in [3.8, 4) is 17.2 Å². The summed E-state index contributed by atoms with van der Waals surface area (Å²) >= 11 is 6.12. The van der Waals surface area contributed by atoms with Gasteiger partial charge in [0.2, 0.25) is 0 Å². The maximum Gasteiger partial charge on any atom is 0.273 e. The summed E-state index contributed by atoms with van der Waals surface area (Å²) in [4.78, 5) is 23.2. The van der Waals surface area contributed by atoms with Gasteiger partial charge in [0.15, 0.2) is 11.5 Å². The summed E-state index contributed by atoms with van der Waals surface area (Å²) in [5.41, 5.74) is 2.24. The van der Waals surface area contributed by atoms with Gasteiger partial charge in [-0.25, -0.2) is 13.8 Å². The van der Waals surface area contributed by atoms with E-state index in [2.05, 4.69) is 10.5 Å². The number of sulfonamides is 1. The van der Waals surface area contributed by atoms with Crippen LogP contribution in [0.4, 0.5) is 11.4 Å². The minimum Gasteiger partial charge on any atom is -0.504 e. The number of nitrogens with one attached hydrogen (secondary N) is 1. The van der Waals surface area contributed by atoms with Crippen molar-refractivity contribution in [2.45, 2.75) is 18.7 Å². The van der Waals surface area contributed by atoms with E-state index < -0.39 is 38.0 Å². The lowest BCUT2D eigenvalue weighted by atomic mass is 10.2. The molecule has 0 bridgehead atoms. The van der Waals surface area contributed by atoms with Crippen molar-refractivity contribution in [2.24, 2.45) is 5.10 Å². The number of aryl methyl sites for hydroxylation is 1. The standard InChI is InChI=1S/C25H25ClN4O8S/c1-4-38-23-7-5-6-17(25(23)32)14-27-28-24(31)15-29(21-12-18(26)9-11-22(21)37-3)39(35,36)19-10-8-16(2)20(13-19)30(33)34/h5-14,32H,4,15H2,1-3H3,(H,28,31)/b27-14-. The van der Waals surface area contributed by atoms with Crippen LogP contribution in [0.15, 0.2) is 64.6 Å². The number of phenolic OH excluding ortho intramolecular Hbond substituents is 1. The van der Waals surface area contributed by atoms with E-state index in [-0.39, 0.29) is 39.1 Å². The number of carbonyl (C=O) groups excluding carboxylic acids is 1. The first kappa shape index (κ1) is 29.2. The molecule has 0 fully saturated rings. The van der Waals surface area contributed by atoms with E-state index in [9.17, 15) is 28.4 Å². The number of nitrogens with zero attached hydrogens (tertiary/aromatic N) is 3. The molecule has 0 aliphatic rings. The Morgan fingerprint density at radius 1 is 1.21 bits per heavy atom. The maximum atomic E-state index is 13.7. The lowest BCUT2D eigenvalue weighted by Gasteiger charge is -2.25. The molecule has 3 rings (SSSR count). The minimum absolute atomic E-state index is 0.0746. The van der Waals surface area contributed by atoms with Gasteiger partial charge in [0.1, 0.15) is 12.3 Å². The molecule has 0 heterocycles. The van der Waals surface area contributed by atoms with Crippen LogP contribution in [0, 0.1) is 17.0 Å². The number of hydrazone groups is 1. The van der Waals surface area contributed by atoms with E-state index in [1.54, 1.807) is 19.1 Å².